The molecular weight excluding hydrogens is 569 g/mol. The lowest BCUT2D eigenvalue weighted by atomic mass is 10.0. The average molecular weight is 658 g/mol. The Morgan fingerprint density at radius 3 is 1.02 bits per heavy atom. The normalized spacial score (nSPS) is 11.6. The second-order valence-corrected chi connectivity index (χ2v) is 15.5. The molecule has 1 rings (SSSR count). The van der Waals surface area contributed by atoms with Crippen LogP contribution in [-0.4, -0.2) is 4.57 Å². The molecule has 1 aromatic heterocycles. The van der Waals surface area contributed by atoms with Crippen LogP contribution in [-0.2, 0) is 19.5 Å². The van der Waals surface area contributed by atoms with Crippen LogP contribution in [0, 0.1) is 0 Å². The average Bonchev–Trinajstić information content (AvgIpc) is 3.47. The van der Waals surface area contributed by atoms with Crippen LogP contribution in [0.3, 0.4) is 0 Å². The summed E-state index contributed by atoms with van der Waals surface area (Å²) in [5, 5.41) is 0. The summed E-state index contributed by atoms with van der Waals surface area (Å²) < 4.78 is 5.28. The van der Waals surface area contributed by atoms with Crippen LogP contribution in [0.4, 0.5) is 0 Å². The molecule has 0 aliphatic carbocycles. The van der Waals surface area contributed by atoms with Crippen molar-refractivity contribution in [2.45, 2.75) is 271 Å². The predicted molar refractivity (Wildman–Crippen MR) is 212 cm³/mol. The van der Waals surface area contributed by atoms with Crippen molar-refractivity contribution in [1.82, 2.24) is 4.57 Å². The Morgan fingerprint density at radius 1 is 0.362 bits per heavy atom. The van der Waals surface area contributed by atoms with E-state index < -0.39 is 0 Å². The molecule has 2 nitrogen and oxygen atoms in total. The largest absolute Gasteiger partial charge is 0.256 e. The van der Waals surface area contributed by atoms with Crippen molar-refractivity contribution in [3.63, 3.8) is 0 Å². The Balaban J connectivity index is 2.19. The molecule has 0 amide bonds. The summed E-state index contributed by atoms with van der Waals surface area (Å²) in [6.07, 6.45) is 57.9. The Hall–Kier alpha value is -0.790. The van der Waals surface area contributed by atoms with Crippen molar-refractivity contribution in [2.75, 3.05) is 0 Å². The van der Waals surface area contributed by atoms with Crippen molar-refractivity contribution in [3.05, 3.63) is 18.2 Å². The number of imidazole rings is 1. The summed E-state index contributed by atoms with van der Waals surface area (Å²) in [5.74, 6) is 1.62. The maximum atomic E-state index is 2.64. The number of aromatic nitrogens is 2. The zero-order valence-corrected chi connectivity index (χ0v) is 33.1. The fourth-order valence-corrected chi connectivity index (χ4v) is 7.56. The van der Waals surface area contributed by atoms with Crippen LogP contribution in [0.1, 0.15) is 258 Å². The molecule has 0 saturated heterocycles. The van der Waals surface area contributed by atoms with E-state index in [9.17, 15) is 0 Å². The van der Waals surface area contributed by atoms with Gasteiger partial charge >= 0.3 is 0 Å². The van der Waals surface area contributed by atoms with Gasteiger partial charge in [0.1, 0.15) is 12.4 Å². The summed E-state index contributed by atoms with van der Waals surface area (Å²) in [6, 6.07) is 0. The van der Waals surface area contributed by atoms with Crippen LogP contribution >= 0.6 is 0 Å². The molecule has 0 N–H and O–H groups in total. The van der Waals surface area contributed by atoms with Crippen LogP contribution in [0.25, 0.3) is 0 Å². The van der Waals surface area contributed by atoms with Gasteiger partial charge in [0, 0.05) is 6.42 Å². The monoisotopic (exact) mass is 658 g/mol. The van der Waals surface area contributed by atoms with E-state index in [1.165, 1.54) is 251 Å². The van der Waals surface area contributed by atoms with Gasteiger partial charge < -0.3 is 0 Å². The van der Waals surface area contributed by atoms with E-state index in [1.807, 2.05) is 0 Å². The quantitative estimate of drug-likeness (QED) is 0.0492. The molecule has 278 valence electrons. The van der Waals surface area contributed by atoms with Gasteiger partial charge in [-0.1, -0.05) is 220 Å². The maximum absolute atomic E-state index is 2.64. The number of hydrogen-bond acceptors (Lipinski definition) is 0. The van der Waals surface area contributed by atoms with Crippen LogP contribution in [0.15, 0.2) is 12.4 Å². The standard InChI is InChI=1S/C45H89N2/c1-4-7-10-13-16-18-20-22-24-25-27-29-31-33-36-39-42-47-44-43-46(41-38-35-15-12-9-6-3)45(47)40-37-34-32-30-28-26-23-21-19-17-14-11-8-5-2/h43-44H,4-42H2,1-3H3/q+1. The molecule has 2 heteroatoms. The van der Waals surface area contributed by atoms with Gasteiger partial charge in [0.2, 0.25) is 0 Å². The molecule has 0 bridgehead atoms. The van der Waals surface area contributed by atoms with Gasteiger partial charge in [-0.25, -0.2) is 9.13 Å². The Labute approximate surface area is 298 Å². The van der Waals surface area contributed by atoms with Gasteiger partial charge in [0.15, 0.2) is 0 Å². The molecule has 0 aliphatic rings. The van der Waals surface area contributed by atoms with Crippen molar-refractivity contribution in [1.29, 1.82) is 0 Å². The minimum atomic E-state index is 1.23. The zero-order valence-electron chi connectivity index (χ0n) is 33.1. The first-order chi connectivity index (χ1) is 23.3. The van der Waals surface area contributed by atoms with E-state index in [1.54, 1.807) is 5.82 Å². The Morgan fingerprint density at radius 2 is 0.660 bits per heavy atom. The lowest BCUT2D eigenvalue weighted by Gasteiger charge is -2.07. The molecule has 0 aliphatic heterocycles. The highest BCUT2D eigenvalue weighted by molar-refractivity contribution is 4.84. The topological polar surface area (TPSA) is 8.81 Å². The molecule has 0 aromatic carbocycles. The van der Waals surface area contributed by atoms with Crippen molar-refractivity contribution in [3.8, 4) is 0 Å². The van der Waals surface area contributed by atoms with Crippen molar-refractivity contribution < 1.29 is 4.57 Å². The number of unbranched alkanes of at least 4 members (excludes halogenated alkanes) is 33. The number of rotatable bonds is 39. The molecule has 1 aromatic rings. The van der Waals surface area contributed by atoms with Crippen LogP contribution < -0.4 is 4.57 Å². The third kappa shape index (κ3) is 28.7. The van der Waals surface area contributed by atoms with E-state index >= 15 is 0 Å². The fraction of sp³-hybridized carbons (Fsp3) is 0.933. The van der Waals surface area contributed by atoms with Gasteiger partial charge in [-0.15, -0.1) is 0 Å². The Bertz CT molecular complexity index is 722. The SMILES string of the molecule is CCCCCCCCCCCCCCCCCC[n+]1ccn(CCCCCCCC)c1CCCCCCCCCCCCCCCC. The maximum Gasteiger partial charge on any atom is 0.256 e. The first-order valence-corrected chi connectivity index (χ1v) is 22.4. The lowest BCUT2D eigenvalue weighted by Crippen LogP contribution is -2.37. The molecule has 0 radical (unpaired) electrons. The first-order valence-electron chi connectivity index (χ1n) is 22.4. The van der Waals surface area contributed by atoms with Gasteiger partial charge in [0.05, 0.1) is 13.1 Å². The van der Waals surface area contributed by atoms with Gasteiger partial charge in [-0.05, 0) is 32.1 Å². The predicted octanol–water partition coefficient (Wildman–Crippen LogP) is 15.4. The van der Waals surface area contributed by atoms with E-state index in [0.717, 1.165) is 0 Å². The fourth-order valence-electron chi connectivity index (χ4n) is 7.56. The molecule has 0 unspecified atom stereocenters. The van der Waals surface area contributed by atoms with Gasteiger partial charge in [-0.3, -0.25) is 0 Å². The minimum absolute atomic E-state index is 1.23. The zero-order chi connectivity index (χ0) is 33.7. The van der Waals surface area contributed by atoms with E-state index in [-0.39, 0.29) is 0 Å². The lowest BCUT2D eigenvalue weighted by molar-refractivity contribution is -0.704. The van der Waals surface area contributed by atoms with Crippen LogP contribution in [0.5, 0.6) is 0 Å². The van der Waals surface area contributed by atoms with Gasteiger partial charge in [0.25, 0.3) is 5.82 Å². The second kappa shape index (κ2) is 36.5. The summed E-state index contributed by atoms with van der Waals surface area (Å²) in [6.45, 7) is 9.41. The molecule has 0 atom stereocenters. The third-order valence-electron chi connectivity index (χ3n) is 10.8. The molecule has 1 heterocycles. The molecule has 0 saturated carbocycles. The minimum Gasteiger partial charge on any atom is -0.234 e. The molecule has 0 spiro atoms. The first kappa shape index (κ1) is 44.2. The molecular formula is C45H89N2+. The Kier molecular flexibility index (Phi) is 34.3. The second-order valence-electron chi connectivity index (χ2n) is 15.5. The highest BCUT2D eigenvalue weighted by Gasteiger charge is 2.16. The highest BCUT2D eigenvalue weighted by Crippen LogP contribution is 2.16. The van der Waals surface area contributed by atoms with E-state index in [0.29, 0.717) is 0 Å². The van der Waals surface area contributed by atoms with E-state index in [2.05, 4.69) is 42.3 Å². The molecule has 0 fully saturated rings. The van der Waals surface area contributed by atoms with E-state index in [4.69, 9.17) is 0 Å². The van der Waals surface area contributed by atoms with Crippen LogP contribution in [0.2, 0.25) is 0 Å². The number of aryl methyl sites for hydroxylation is 2. The van der Waals surface area contributed by atoms with Crippen molar-refractivity contribution >= 4 is 0 Å². The summed E-state index contributed by atoms with van der Waals surface area (Å²) in [4.78, 5) is 0. The summed E-state index contributed by atoms with van der Waals surface area (Å²) in [7, 11) is 0. The highest BCUT2D eigenvalue weighted by atomic mass is 15.1. The van der Waals surface area contributed by atoms with Crippen molar-refractivity contribution in [2.24, 2.45) is 0 Å². The number of nitrogens with zero attached hydrogens (tertiary/aromatic N) is 2. The number of hydrogen-bond donors (Lipinski definition) is 0. The summed E-state index contributed by atoms with van der Waals surface area (Å²) >= 11 is 0. The smallest absolute Gasteiger partial charge is 0.234 e. The van der Waals surface area contributed by atoms with Gasteiger partial charge in [-0.2, -0.15) is 0 Å². The summed E-state index contributed by atoms with van der Waals surface area (Å²) in [5.41, 5.74) is 0. The third-order valence-corrected chi connectivity index (χ3v) is 10.8. The molecule has 47 heavy (non-hydrogen) atoms.